The van der Waals surface area contributed by atoms with Gasteiger partial charge in [0.25, 0.3) is 0 Å². The monoisotopic (exact) mass is 351 g/mol. The molecule has 0 heterocycles. The third kappa shape index (κ3) is 11.5. The van der Waals surface area contributed by atoms with E-state index in [1.165, 1.54) is 0 Å². The van der Waals surface area contributed by atoms with Crippen LogP contribution < -0.4 is 0 Å². The summed E-state index contributed by atoms with van der Waals surface area (Å²) in [6.07, 6.45) is 2.08. The first-order valence-corrected chi connectivity index (χ1v) is 11.3. The Labute approximate surface area is 141 Å². The van der Waals surface area contributed by atoms with E-state index in [0.29, 0.717) is 26.4 Å². The van der Waals surface area contributed by atoms with Gasteiger partial charge in [-0.05, 0) is 59.0 Å². The van der Waals surface area contributed by atoms with Gasteiger partial charge in [-0.15, -0.1) is 0 Å². The van der Waals surface area contributed by atoms with Gasteiger partial charge >= 0.3 is 8.80 Å². The van der Waals surface area contributed by atoms with Crippen molar-refractivity contribution >= 4 is 26.3 Å². The Morgan fingerprint density at radius 3 is 1.95 bits per heavy atom. The molecule has 0 N–H and O–H groups in total. The summed E-state index contributed by atoms with van der Waals surface area (Å²) in [6.45, 7) is 12.5. The smallest absolute Gasteiger partial charge is 0.396 e. The van der Waals surface area contributed by atoms with Crippen LogP contribution in [0.5, 0.6) is 0 Å². The molecule has 0 aromatic heterocycles. The van der Waals surface area contributed by atoms with Crippen molar-refractivity contribution in [3.05, 3.63) is 0 Å². The number of thioether (sulfide) groups is 1. The second kappa shape index (κ2) is 14.5. The van der Waals surface area contributed by atoms with Crippen LogP contribution in [-0.2, 0) is 18.1 Å². The molecule has 0 atom stereocenters. The third-order valence-corrected chi connectivity index (χ3v) is 6.94. The Bertz CT molecular complexity index is 272. The van der Waals surface area contributed by atoms with Crippen LogP contribution in [0.4, 0.5) is 0 Å². The minimum Gasteiger partial charge on any atom is -0.396 e. The van der Waals surface area contributed by atoms with Crippen molar-refractivity contribution in [3.8, 4) is 0 Å². The maximum absolute atomic E-state index is 5.84. The van der Waals surface area contributed by atoms with Gasteiger partial charge in [-0.1, -0.05) is 5.16 Å². The van der Waals surface area contributed by atoms with Crippen molar-refractivity contribution in [3.63, 3.8) is 0 Å². The molecule has 0 amide bonds. The molecule has 0 radical (unpaired) electrons. The predicted molar refractivity (Wildman–Crippen MR) is 96.7 cm³/mol. The van der Waals surface area contributed by atoms with Crippen LogP contribution in [0, 0.1) is 0 Å². The third-order valence-electron chi connectivity index (χ3n) is 2.64. The van der Waals surface area contributed by atoms with E-state index in [-0.39, 0.29) is 0 Å². The molecule has 0 spiro atoms. The van der Waals surface area contributed by atoms with E-state index in [1.54, 1.807) is 0 Å². The summed E-state index contributed by atoms with van der Waals surface area (Å²) in [6, 6.07) is 0.894. The SMILES string of the molecule is CCO[Si](CCCSCCCON=C(C)C)(OCC)OCC. The normalized spacial score (nSPS) is 11.5. The Kier molecular flexibility index (Phi) is 14.5. The summed E-state index contributed by atoms with van der Waals surface area (Å²) in [5.41, 5.74) is 0.955. The lowest BCUT2D eigenvalue weighted by Crippen LogP contribution is -2.46. The molecule has 132 valence electrons. The van der Waals surface area contributed by atoms with E-state index in [9.17, 15) is 0 Å². The molecular formula is C15H33NO4SSi. The van der Waals surface area contributed by atoms with Gasteiger partial charge in [0.1, 0.15) is 6.61 Å². The maximum atomic E-state index is 5.84. The van der Waals surface area contributed by atoms with Gasteiger partial charge in [-0.2, -0.15) is 11.8 Å². The van der Waals surface area contributed by atoms with Crippen molar-refractivity contribution in [2.75, 3.05) is 37.9 Å². The first-order chi connectivity index (χ1) is 10.6. The fourth-order valence-corrected chi connectivity index (χ4v) is 5.64. The van der Waals surface area contributed by atoms with Crippen LogP contribution >= 0.6 is 11.8 Å². The van der Waals surface area contributed by atoms with Crippen molar-refractivity contribution in [1.82, 2.24) is 0 Å². The topological polar surface area (TPSA) is 49.3 Å². The Hall–Kier alpha value is -0.0831. The molecule has 7 heteroatoms. The van der Waals surface area contributed by atoms with Gasteiger partial charge in [0.05, 0.1) is 5.71 Å². The van der Waals surface area contributed by atoms with E-state index in [1.807, 2.05) is 46.4 Å². The van der Waals surface area contributed by atoms with Crippen LogP contribution in [0.3, 0.4) is 0 Å². The summed E-state index contributed by atoms with van der Waals surface area (Å²) in [5, 5.41) is 3.92. The summed E-state index contributed by atoms with van der Waals surface area (Å²) >= 11 is 1.93. The Balaban J connectivity index is 3.81. The van der Waals surface area contributed by atoms with Gasteiger partial charge in [-0.25, -0.2) is 0 Å². The highest BCUT2D eigenvalue weighted by Gasteiger charge is 2.39. The minimum atomic E-state index is -2.45. The van der Waals surface area contributed by atoms with E-state index in [4.69, 9.17) is 18.1 Å². The predicted octanol–water partition coefficient (Wildman–Crippen LogP) is 3.96. The van der Waals surface area contributed by atoms with E-state index < -0.39 is 8.80 Å². The number of nitrogens with zero attached hydrogens (tertiary/aromatic N) is 1. The Morgan fingerprint density at radius 2 is 1.45 bits per heavy atom. The lowest BCUT2D eigenvalue weighted by Gasteiger charge is -2.28. The van der Waals surface area contributed by atoms with E-state index in [2.05, 4.69) is 5.16 Å². The molecule has 0 aliphatic rings. The molecule has 0 saturated heterocycles. The number of hydrogen-bond acceptors (Lipinski definition) is 6. The van der Waals surface area contributed by atoms with Gasteiger partial charge in [-0.3, -0.25) is 0 Å². The number of rotatable bonds is 15. The van der Waals surface area contributed by atoms with Crippen LogP contribution in [0.25, 0.3) is 0 Å². The molecule has 0 fully saturated rings. The first-order valence-electron chi connectivity index (χ1n) is 8.23. The molecule has 5 nitrogen and oxygen atoms in total. The van der Waals surface area contributed by atoms with Gasteiger partial charge in [0, 0.05) is 25.9 Å². The molecule has 0 aliphatic carbocycles. The molecule has 22 heavy (non-hydrogen) atoms. The summed E-state index contributed by atoms with van der Waals surface area (Å²) in [5.74, 6) is 2.18. The summed E-state index contributed by atoms with van der Waals surface area (Å²) in [7, 11) is -2.45. The fourth-order valence-electron chi connectivity index (χ4n) is 1.89. The van der Waals surface area contributed by atoms with Crippen molar-refractivity contribution in [2.24, 2.45) is 5.16 Å². The van der Waals surface area contributed by atoms with E-state index >= 15 is 0 Å². The minimum absolute atomic E-state index is 0.647. The molecule has 0 aromatic rings. The molecular weight excluding hydrogens is 318 g/mol. The highest BCUT2D eigenvalue weighted by molar-refractivity contribution is 7.99. The molecule has 0 rings (SSSR count). The average Bonchev–Trinajstić information content (AvgIpc) is 2.46. The molecule has 0 bridgehead atoms. The van der Waals surface area contributed by atoms with Gasteiger partial charge in [0.15, 0.2) is 0 Å². The quantitative estimate of drug-likeness (QED) is 0.193. The van der Waals surface area contributed by atoms with Gasteiger partial charge < -0.3 is 18.1 Å². The van der Waals surface area contributed by atoms with Crippen molar-refractivity contribution in [2.45, 2.75) is 53.5 Å². The zero-order valence-corrected chi connectivity index (χ0v) is 16.7. The lowest BCUT2D eigenvalue weighted by molar-refractivity contribution is 0.0712. The molecule has 0 aliphatic heterocycles. The standard InChI is InChI=1S/C15H33NO4SSi/c1-6-18-22(19-7-2,20-8-3)14-10-13-21-12-9-11-17-16-15(4)5/h6-14H2,1-5H3. The zero-order valence-electron chi connectivity index (χ0n) is 14.9. The zero-order chi connectivity index (χ0) is 16.7. The number of oxime groups is 1. The lowest BCUT2D eigenvalue weighted by atomic mass is 10.5. The largest absolute Gasteiger partial charge is 0.500 e. The molecule has 0 unspecified atom stereocenters. The molecule has 0 saturated carbocycles. The highest BCUT2D eigenvalue weighted by Crippen LogP contribution is 2.20. The van der Waals surface area contributed by atoms with Crippen LogP contribution in [0.1, 0.15) is 47.5 Å². The Morgan fingerprint density at radius 1 is 0.909 bits per heavy atom. The van der Waals surface area contributed by atoms with Crippen molar-refractivity contribution in [1.29, 1.82) is 0 Å². The van der Waals surface area contributed by atoms with Crippen LogP contribution in [0.2, 0.25) is 6.04 Å². The summed E-state index contributed by atoms with van der Waals surface area (Å²) in [4.78, 5) is 5.17. The second-order valence-corrected chi connectivity index (χ2v) is 8.88. The maximum Gasteiger partial charge on any atom is 0.500 e. The summed E-state index contributed by atoms with van der Waals surface area (Å²) < 4.78 is 17.5. The van der Waals surface area contributed by atoms with E-state index in [0.717, 1.165) is 36.1 Å². The van der Waals surface area contributed by atoms with Crippen LogP contribution in [0.15, 0.2) is 5.16 Å². The highest BCUT2D eigenvalue weighted by atomic mass is 32.2. The van der Waals surface area contributed by atoms with Crippen molar-refractivity contribution < 1.29 is 18.1 Å². The van der Waals surface area contributed by atoms with Crippen LogP contribution in [-0.4, -0.2) is 52.4 Å². The average molecular weight is 352 g/mol. The first kappa shape index (κ1) is 21.9. The number of hydrogen-bond donors (Lipinski definition) is 0. The second-order valence-electron chi connectivity index (χ2n) is 4.92. The van der Waals surface area contributed by atoms with Gasteiger partial charge in [0.2, 0.25) is 0 Å². The fraction of sp³-hybridized carbons (Fsp3) is 0.933. The molecule has 0 aromatic carbocycles.